The number of Topliss-reactive ketones (excluding diaryl/α,β-unsaturated/α-hetero) is 1. The van der Waals surface area contributed by atoms with Crippen LogP contribution in [0.2, 0.25) is 0 Å². The second-order valence-electron chi connectivity index (χ2n) is 4.85. The van der Waals surface area contributed by atoms with Crippen LogP contribution in [0.4, 0.5) is 5.82 Å². The highest BCUT2D eigenvalue weighted by molar-refractivity contribution is 5.99. The zero-order chi connectivity index (χ0) is 14.3. The van der Waals surface area contributed by atoms with Crippen LogP contribution in [0.25, 0.3) is 16.8 Å². The van der Waals surface area contributed by atoms with E-state index in [4.69, 9.17) is 0 Å². The van der Waals surface area contributed by atoms with Crippen LogP contribution in [0.3, 0.4) is 0 Å². The largest absolute Gasteiger partial charge is 0.294 e. The fourth-order valence-electron chi connectivity index (χ4n) is 2.50. The molecule has 1 aliphatic rings. The van der Waals surface area contributed by atoms with Gasteiger partial charge in [-0.25, -0.2) is 4.68 Å². The Balaban J connectivity index is 2.20. The number of hydrazine groups is 1. The summed E-state index contributed by atoms with van der Waals surface area (Å²) >= 11 is 0. The third-order valence-electron chi connectivity index (χ3n) is 3.46. The molecule has 1 aromatic heterocycles. The molecule has 0 fully saturated rings. The second kappa shape index (κ2) is 4.52. The maximum Gasteiger partial charge on any atom is 0.179 e. The zero-order valence-electron chi connectivity index (χ0n) is 11.7. The summed E-state index contributed by atoms with van der Waals surface area (Å²) in [6, 6.07) is 10.1. The molecule has 0 bridgehead atoms. The van der Waals surface area contributed by atoms with Gasteiger partial charge in [-0.1, -0.05) is 30.3 Å². The molecule has 0 spiro atoms. The third kappa shape index (κ3) is 1.79. The highest BCUT2D eigenvalue weighted by atomic mass is 16.1. The SMILES string of the molecule is CC(=O)C1=C(C)n2nc(C)c(-c3ccccc3)c2NN1. The van der Waals surface area contributed by atoms with Crippen molar-refractivity contribution in [2.75, 3.05) is 5.43 Å². The van der Waals surface area contributed by atoms with Gasteiger partial charge in [0.1, 0.15) is 5.70 Å². The molecule has 2 N–H and O–H groups in total. The average molecular weight is 268 g/mol. The summed E-state index contributed by atoms with van der Waals surface area (Å²) in [5, 5.41) is 4.55. The predicted octanol–water partition coefficient (Wildman–Crippen LogP) is 2.57. The molecule has 0 radical (unpaired) electrons. The van der Waals surface area contributed by atoms with E-state index in [0.29, 0.717) is 5.70 Å². The van der Waals surface area contributed by atoms with E-state index in [0.717, 1.165) is 28.3 Å². The van der Waals surface area contributed by atoms with E-state index in [-0.39, 0.29) is 5.78 Å². The summed E-state index contributed by atoms with van der Waals surface area (Å²) in [5.41, 5.74) is 10.5. The number of carbonyl (C=O) groups is 1. The lowest BCUT2D eigenvalue weighted by Crippen LogP contribution is -2.32. The Morgan fingerprint density at radius 2 is 1.85 bits per heavy atom. The fraction of sp³-hybridized carbons (Fsp3) is 0.200. The first-order chi connectivity index (χ1) is 9.59. The Bertz CT molecular complexity index is 713. The molecule has 0 saturated heterocycles. The lowest BCUT2D eigenvalue weighted by molar-refractivity contribution is -0.113. The summed E-state index contributed by atoms with van der Waals surface area (Å²) in [5.74, 6) is 0.839. The molecule has 0 aliphatic carbocycles. The molecule has 20 heavy (non-hydrogen) atoms. The number of aromatic nitrogens is 2. The Hall–Kier alpha value is -2.56. The quantitative estimate of drug-likeness (QED) is 0.879. The van der Waals surface area contributed by atoms with Crippen molar-refractivity contribution in [2.24, 2.45) is 0 Å². The van der Waals surface area contributed by atoms with Crippen LogP contribution < -0.4 is 10.9 Å². The number of hydrogen-bond donors (Lipinski definition) is 2. The summed E-state index contributed by atoms with van der Waals surface area (Å²) in [6.07, 6.45) is 0. The van der Waals surface area contributed by atoms with Crippen molar-refractivity contribution in [2.45, 2.75) is 20.8 Å². The van der Waals surface area contributed by atoms with Crippen molar-refractivity contribution in [1.82, 2.24) is 15.2 Å². The van der Waals surface area contributed by atoms with Gasteiger partial charge in [0.15, 0.2) is 11.6 Å². The van der Waals surface area contributed by atoms with Gasteiger partial charge >= 0.3 is 0 Å². The standard InChI is InChI=1S/C15H16N4O/c1-9-13(12-7-5-4-6-8-12)15-17-16-14(11(3)20)10(2)19(15)18-9/h4-8,16-17H,1-3H3. The van der Waals surface area contributed by atoms with Gasteiger partial charge < -0.3 is 0 Å². The van der Waals surface area contributed by atoms with Gasteiger partial charge in [0, 0.05) is 12.5 Å². The highest BCUT2D eigenvalue weighted by Crippen LogP contribution is 2.34. The molecule has 1 aliphatic heterocycles. The molecule has 5 nitrogen and oxygen atoms in total. The van der Waals surface area contributed by atoms with Gasteiger partial charge in [-0.05, 0) is 19.4 Å². The first-order valence-electron chi connectivity index (χ1n) is 6.49. The monoisotopic (exact) mass is 268 g/mol. The lowest BCUT2D eigenvalue weighted by atomic mass is 10.1. The number of allylic oxidation sites excluding steroid dienone is 2. The molecule has 2 heterocycles. The first kappa shape index (κ1) is 12.5. The minimum Gasteiger partial charge on any atom is -0.294 e. The smallest absolute Gasteiger partial charge is 0.179 e. The number of nitrogens with one attached hydrogen (secondary N) is 2. The maximum absolute atomic E-state index is 11.6. The minimum atomic E-state index is -0.0185. The number of carbonyl (C=O) groups excluding carboxylic acids is 1. The highest BCUT2D eigenvalue weighted by Gasteiger charge is 2.24. The third-order valence-corrected chi connectivity index (χ3v) is 3.46. The second-order valence-corrected chi connectivity index (χ2v) is 4.85. The summed E-state index contributed by atoms with van der Waals surface area (Å²) in [6.45, 7) is 5.39. The van der Waals surface area contributed by atoms with Crippen molar-refractivity contribution in [3.63, 3.8) is 0 Å². The van der Waals surface area contributed by atoms with Gasteiger partial charge in [0.25, 0.3) is 0 Å². The molecule has 102 valence electrons. The van der Waals surface area contributed by atoms with E-state index in [2.05, 4.69) is 16.0 Å². The molecule has 0 unspecified atom stereocenters. The van der Waals surface area contributed by atoms with E-state index in [9.17, 15) is 4.79 Å². The lowest BCUT2D eigenvalue weighted by Gasteiger charge is -2.22. The van der Waals surface area contributed by atoms with Crippen molar-refractivity contribution >= 4 is 17.3 Å². The molecular weight excluding hydrogens is 252 g/mol. The minimum absolute atomic E-state index is 0.0185. The van der Waals surface area contributed by atoms with Crippen LogP contribution in [-0.2, 0) is 4.79 Å². The Morgan fingerprint density at radius 1 is 1.15 bits per heavy atom. The topological polar surface area (TPSA) is 59.0 Å². The molecule has 5 heteroatoms. The molecular formula is C15H16N4O. The Morgan fingerprint density at radius 3 is 2.50 bits per heavy atom. The van der Waals surface area contributed by atoms with Crippen LogP contribution >= 0.6 is 0 Å². The van der Waals surface area contributed by atoms with Crippen molar-refractivity contribution in [3.05, 3.63) is 41.7 Å². The average Bonchev–Trinajstić information content (AvgIpc) is 2.77. The molecule has 1 aromatic carbocycles. The van der Waals surface area contributed by atoms with Crippen molar-refractivity contribution in [1.29, 1.82) is 0 Å². The predicted molar refractivity (Wildman–Crippen MR) is 78.7 cm³/mol. The van der Waals surface area contributed by atoms with E-state index >= 15 is 0 Å². The fourth-order valence-corrected chi connectivity index (χ4v) is 2.50. The molecule has 0 atom stereocenters. The van der Waals surface area contributed by atoms with Crippen LogP contribution in [0.1, 0.15) is 19.5 Å². The van der Waals surface area contributed by atoms with Crippen molar-refractivity contribution in [3.8, 4) is 11.1 Å². The molecule has 0 saturated carbocycles. The van der Waals surface area contributed by atoms with E-state index in [1.54, 1.807) is 4.68 Å². The molecule has 0 amide bonds. The number of benzene rings is 1. The normalized spacial score (nSPS) is 13.6. The van der Waals surface area contributed by atoms with Crippen LogP contribution in [0.15, 0.2) is 36.0 Å². The zero-order valence-corrected chi connectivity index (χ0v) is 11.7. The number of aryl methyl sites for hydroxylation is 1. The van der Waals surface area contributed by atoms with Gasteiger partial charge in [-0.15, -0.1) is 0 Å². The van der Waals surface area contributed by atoms with Gasteiger partial charge in [0.2, 0.25) is 0 Å². The number of anilines is 1. The van der Waals surface area contributed by atoms with E-state index < -0.39 is 0 Å². The number of ketones is 1. The van der Waals surface area contributed by atoms with Crippen LogP contribution in [0, 0.1) is 6.92 Å². The number of rotatable bonds is 2. The summed E-state index contributed by atoms with van der Waals surface area (Å²) in [7, 11) is 0. The van der Waals surface area contributed by atoms with Crippen LogP contribution in [0.5, 0.6) is 0 Å². The van der Waals surface area contributed by atoms with Crippen molar-refractivity contribution < 1.29 is 4.79 Å². The number of nitrogens with zero attached hydrogens (tertiary/aromatic N) is 2. The Kier molecular flexibility index (Phi) is 2.82. The number of fused-ring (bicyclic) bond motifs is 1. The summed E-state index contributed by atoms with van der Waals surface area (Å²) in [4.78, 5) is 11.6. The molecule has 2 aromatic rings. The first-order valence-corrected chi connectivity index (χ1v) is 6.49. The Labute approximate surface area is 117 Å². The van der Waals surface area contributed by atoms with Gasteiger partial charge in [-0.2, -0.15) is 5.10 Å². The molecule has 3 rings (SSSR count). The van der Waals surface area contributed by atoms with Gasteiger partial charge in [0.05, 0.1) is 11.4 Å². The number of hydrogen-bond acceptors (Lipinski definition) is 4. The van der Waals surface area contributed by atoms with E-state index in [1.165, 1.54) is 6.92 Å². The maximum atomic E-state index is 11.6. The van der Waals surface area contributed by atoms with Crippen LogP contribution in [-0.4, -0.2) is 15.6 Å². The summed E-state index contributed by atoms with van der Waals surface area (Å²) < 4.78 is 1.78. The van der Waals surface area contributed by atoms with Gasteiger partial charge in [-0.3, -0.25) is 15.6 Å². The van der Waals surface area contributed by atoms with E-state index in [1.807, 2.05) is 44.2 Å².